The summed E-state index contributed by atoms with van der Waals surface area (Å²) in [6, 6.07) is 9.03. The fraction of sp³-hybridized carbons (Fsp3) is 0.640. The third-order valence-electron chi connectivity index (χ3n) is 7.86. The van der Waals surface area contributed by atoms with Crippen molar-refractivity contribution in [3.8, 4) is 0 Å². The number of aromatic nitrogens is 2. The van der Waals surface area contributed by atoms with Crippen LogP contribution in [-0.4, -0.2) is 38.5 Å². The molecule has 0 unspecified atom stereocenters. The van der Waals surface area contributed by atoms with E-state index in [-0.39, 0.29) is 57.4 Å². The molecule has 0 amide bonds. The first-order valence-corrected chi connectivity index (χ1v) is 12.1. The van der Waals surface area contributed by atoms with Crippen LogP contribution in [0.3, 0.4) is 0 Å². The molecule has 3 fully saturated rings. The van der Waals surface area contributed by atoms with E-state index in [0.717, 1.165) is 18.4 Å². The maximum Gasteiger partial charge on any atom is 1.00 e. The first kappa shape index (κ1) is 24.5. The fourth-order valence-electron chi connectivity index (χ4n) is 6.58. The van der Waals surface area contributed by atoms with Gasteiger partial charge >= 0.3 is 51.4 Å². The number of rotatable bonds is 3. The van der Waals surface area contributed by atoms with Gasteiger partial charge in [0.05, 0.1) is 17.0 Å². The van der Waals surface area contributed by atoms with Crippen LogP contribution >= 0.6 is 0 Å². The molecule has 3 heterocycles. The van der Waals surface area contributed by atoms with E-state index in [4.69, 9.17) is 0 Å². The summed E-state index contributed by atoms with van der Waals surface area (Å²) in [4.78, 5) is 31.7. The Bertz CT molecular complexity index is 1000. The normalized spacial score (nSPS) is 27.3. The number of carboxylic acids is 1. The third kappa shape index (κ3) is 4.79. The number of aromatic carboxylic acids is 1. The zero-order chi connectivity index (χ0) is 21.4. The minimum absolute atomic E-state index is 0. The molecule has 2 saturated heterocycles. The Balaban J connectivity index is 0.00000245. The average molecular weight is 462 g/mol. The van der Waals surface area contributed by atoms with E-state index in [1.807, 2.05) is 18.2 Å². The topological polar surface area (TPSA) is 78.3 Å². The number of carbonyl (C=O) groups excluding carboxylic acids is 1. The molecule has 32 heavy (non-hydrogen) atoms. The van der Waals surface area contributed by atoms with Crippen molar-refractivity contribution in [1.29, 1.82) is 0 Å². The minimum atomic E-state index is -1.49. The van der Waals surface area contributed by atoms with Crippen LogP contribution in [0.15, 0.2) is 29.1 Å². The van der Waals surface area contributed by atoms with Crippen LogP contribution in [0, 0.1) is 0 Å². The van der Waals surface area contributed by atoms with Gasteiger partial charge in [-0.2, -0.15) is 0 Å². The van der Waals surface area contributed by atoms with Gasteiger partial charge < -0.3 is 14.5 Å². The molecule has 0 N–H and O–H groups in total. The second kappa shape index (κ2) is 10.8. The van der Waals surface area contributed by atoms with E-state index in [2.05, 4.69) is 9.88 Å². The van der Waals surface area contributed by atoms with Gasteiger partial charge in [0.2, 0.25) is 0 Å². The molecule has 1 aromatic heterocycles. The number of nitrogens with zero attached hydrogens (tertiary/aromatic N) is 3. The number of hydrogen-bond acceptors (Lipinski definition) is 5. The largest absolute Gasteiger partial charge is 1.00 e. The van der Waals surface area contributed by atoms with Gasteiger partial charge in [-0.05, 0) is 50.7 Å². The summed E-state index contributed by atoms with van der Waals surface area (Å²) in [6.45, 7) is 0. The van der Waals surface area contributed by atoms with Gasteiger partial charge in [-0.25, -0.2) is 4.98 Å². The van der Waals surface area contributed by atoms with E-state index in [1.54, 1.807) is 10.6 Å². The number of carboxylic acid groups (broad SMARTS) is 1. The van der Waals surface area contributed by atoms with E-state index < -0.39 is 17.2 Å². The van der Waals surface area contributed by atoms with E-state index in [1.165, 1.54) is 64.2 Å². The van der Waals surface area contributed by atoms with Crippen molar-refractivity contribution in [2.75, 3.05) is 0 Å². The molecule has 0 spiro atoms. The quantitative estimate of drug-likeness (QED) is 0.620. The van der Waals surface area contributed by atoms with Gasteiger partial charge in [-0.15, -0.1) is 0 Å². The zero-order valence-electron chi connectivity index (χ0n) is 19.2. The van der Waals surface area contributed by atoms with Crippen LogP contribution in [0.4, 0.5) is 0 Å². The molecular formula is C25H32KN3O3. The summed E-state index contributed by atoms with van der Waals surface area (Å²) >= 11 is 0. The molecule has 3 atom stereocenters. The van der Waals surface area contributed by atoms with Gasteiger partial charge in [0, 0.05) is 24.2 Å². The number of benzene rings is 1. The molecule has 166 valence electrons. The molecule has 2 bridgehead atoms. The molecule has 1 saturated carbocycles. The maximum absolute atomic E-state index is 13.2. The summed E-state index contributed by atoms with van der Waals surface area (Å²) in [5.41, 5.74) is 0.307. The van der Waals surface area contributed by atoms with Gasteiger partial charge in [0.25, 0.3) is 5.56 Å². The predicted molar refractivity (Wildman–Crippen MR) is 118 cm³/mol. The van der Waals surface area contributed by atoms with Crippen molar-refractivity contribution >= 4 is 17.0 Å². The monoisotopic (exact) mass is 461 g/mol. The summed E-state index contributed by atoms with van der Waals surface area (Å²) < 4.78 is 1.73. The Kier molecular flexibility index (Phi) is 8.27. The van der Waals surface area contributed by atoms with E-state index in [9.17, 15) is 14.7 Å². The molecule has 2 aromatic rings. The van der Waals surface area contributed by atoms with Crippen LogP contribution in [0.2, 0.25) is 0 Å². The standard InChI is InChI=1S/C25H33N3O3.K/c29-24-23(25(30)31)26-21-13-6-7-14-22(21)28(24)20-15-18-11-8-12-19(16-20)27(18)17-9-4-2-1-3-5-10-17;/h6-7,13-14,17-20H,1-5,8-12,15-16H2,(H,30,31);/q;+1/p-1/t18-,19+,20+;. The summed E-state index contributed by atoms with van der Waals surface area (Å²) in [6.07, 6.45) is 14.8. The van der Waals surface area contributed by atoms with Crippen LogP contribution < -0.4 is 62.1 Å². The smallest absolute Gasteiger partial charge is 0.543 e. The van der Waals surface area contributed by atoms with E-state index >= 15 is 0 Å². The summed E-state index contributed by atoms with van der Waals surface area (Å²) in [7, 11) is 0. The van der Waals surface area contributed by atoms with Gasteiger partial charge in [-0.3, -0.25) is 9.69 Å². The van der Waals surface area contributed by atoms with Crippen LogP contribution in [0.1, 0.15) is 93.6 Å². The first-order chi connectivity index (χ1) is 15.1. The Morgan fingerprint density at radius 2 is 1.44 bits per heavy atom. The average Bonchev–Trinajstić information content (AvgIpc) is 2.72. The number of carbonyl (C=O) groups is 1. The van der Waals surface area contributed by atoms with Crippen molar-refractivity contribution in [2.45, 2.75) is 101 Å². The zero-order valence-corrected chi connectivity index (χ0v) is 22.3. The van der Waals surface area contributed by atoms with Crippen LogP contribution in [0.25, 0.3) is 11.0 Å². The molecule has 3 aliphatic rings. The molecular weight excluding hydrogens is 429 g/mol. The number of hydrogen-bond donors (Lipinski definition) is 0. The van der Waals surface area contributed by atoms with Crippen LogP contribution in [-0.2, 0) is 0 Å². The Hall–Kier alpha value is -0.574. The summed E-state index contributed by atoms with van der Waals surface area (Å²) in [5.74, 6) is -1.49. The summed E-state index contributed by atoms with van der Waals surface area (Å²) in [5, 5.41) is 11.6. The molecule has 0 radical (unpaired) electrons. The first-order valence-electron chi connectivity index (χ1n) is 12.1. The second-order valence-electron chi connectivity index (χ2n) is 9.72. The third-order valence-corrected chi connectivity index (χ3v) is 7.86. The fourth-order valence-corrected chi connectivity index (χ4v) is 6.58. The number of fused-ring (bicyclic) bond motifs is 3. The molecule has 1 aromatic carbocycles. The van der Waals surface area contributed by atoms with Crippen molar-refractivity contribution in [2.24, 2.45) is 0 Å². The van der Waals surface area contributed by atoms with Crippen molar-refractivity contribution in [3.05, 3.63) is 40.3 Å². The Labute approximate surface area is 232 Å². The van der Waals surface area contributed by atoms with Crippen molar-refractivity contribution in [1.82, 2.24) is 14.5 Å². The minimum Gasteiger partial charge on any atom is -0.543 e. The maximum atomic E-state index is 13.2. The molecule has 7 heteroatoms. The van der Waals surface area contributed by atoms with E-state index in [0.29, 0.717) is 23.6 Å². The Morgan fingerprint density at radius 1 is 0.844 bits per heavy atom. The number of para-hydroxylation sites is 2. The molecule has 2 aliphatic heterocycles. The van der Waals surface area contributed by atoms with Gasteiger partial charge in [0.15, 0.2) is 5.69 Å². The predicted octanol–water partition coefficient (Wildman–Crippen LogP) is 0.435. The van der Waals surface area contributed by atoms with Crippen molar-refractivity contribution < 1.29 is 61.3 Å². The van der Waals surface area contributed by atoms with Crippen LogP contribution in [0.5, 0.6) is 0 Å². The Morgan fingerprint density at radius 3 is 2.09 bits per heavy atom. The molecule has 6 nitrogen and oxygen atoms in total. The molecule has 5 rings (SSSR count). The van der Waals surface area contributed by atoms with Gasteiger partial charge in [0.1, 0.15) is 0 Å². The SMILES string of the molecule is O=C([O-])c1nc2ccccc2n([C@H]2C[C@H]3CCC[C@@H](C2)N3C2CCCCCCC2)c1=O.[K+]. The number of piperidine rings is 2. The second-order valence-corrected chi connectivity index (χ2v) is 9.72. The van der Waals surface area contributed by atoms with Gasteiger partial charge in [-0.1, -0.05) is 50.7 Å². The van der Waals surface area contributed by atoms with Crippen molar-refractivity contribution in [3.63, 3.8) is 0 Å². The molecule has 1 aliphatic carbocycles.